The highest BCUT2D eigenvalue weighted by atomic mass is 35.5. The number of aromatic carboxylic acids is 1. The molecule has 0 aliphatic rings. The predicted octanol–water partition coefficient (Wildman–Crippen LogP) is 2.02. The second kappa shape index (κ2) is 6.36. The van der Waals surface area contributed by atoms with Crippen molar-refractivity contribution in [3.8, 4) is 0 Å². The van der Waals surface area contributed by atoms with E-state index < -0.39 is 5.97 Å². The molecule has 0 amide bonds. The molecular weight excluding hydrogens is 284 g/mol. The molecule has 2 aromatic rings. The number of aromatic nitrogens is 3. The zero-order chi connectivity index (χ0) is 14.5. The monoisotopic (exact) mass is 296 g/mol. The Labute approximate surface area is 120 Å². The second-order valence-corrected chi connectivity index (χ2v) is 4.33. The van der Waals surface area contributed by atoms with Crippen molar-refractivity contribution in [3.63, 3.8) is 0 Å². The quantitative estimate of drug-likeness (QED) is 0.793. The van der Waals surface area contributed by atoms with Crippen molar-refractivity contribution in [2.75, 3.05) is 19.0 Å². The maximum absolute atomic E-state index is 11.1. The summed E-state index contributed by atoms with van der Waals surface area (Å²) >= 11 is 5.78. The van der Waals surface area contributed by atoms with Gasteiger partial charge in [-0.1, -0.05) is 11.6 Å². The van der Waals surface area contributed by atoms with Crippen LogP contribution in [0.5, 0.6) is 0 Å². The summed E-state index contributed by atoms with van der Waals surface area (Å²) in [5.74, 6) is -0.903. The normalized spacial score (nSPS) is 10.5. The fourth-order valence-electron chi connectivity index (χ4n) is 1.58. The molecule has 2 rings (SSSR count). The number of hydrogen-bond acceptors (Lipinski definition) is 5. The number of halogens is 1. The average Bonchev–Trinajstić information content (AvgIpc) is 2.83. The van der Waals surface area contributed by atoms with Crippen LogP contribution in [0.25, 0.3) is 0 Å². The van der Waals surface area contributed by atoms with E-state index in [4.69, 9.17) is 21.4 Å². The Morgan fingerprint density at radius 3 is 3.05 bits per heavy atom. The molecule has 0 fully saturated rings. The molecule has 2 heterocycles. The highest BCUT2D eigenvalue weighted by Gasteiger charge is 2.13. The third kappa shape index (κ3) is 3.46. The first-order valence-electron chi connectivity index (χ1n) is 5.78. The lowest BCUT2D eigenvalue weighted by atomic mass is 10.2. The van der Waals surface area contributed by atoms with Gasteiger partial charge in [0.05, 0.1) is 25.0 Å². The molecule has 8 heteroatoms. The fraction of sp³-hybridized carbons (Fsp3) is 0.250. The summed E-state index contributed by atoms with van der Waals surface area (Å²) in [6.07, 6.45) is 3.30. The van der Waals surface area contributed by atoms with Crippen LogP contribution in [0.15, 0.2) is 24.5 Å². The number of carbonyl (C=O) groups is 1. The van der Waals surface area contributed by atoms with Crippen LogP contribution in [0, 0.1) is 0 Å². The van der Waals surface area contributed by atoms with Crippen molar-refractivity contribution < 1.29 is 14.6 Å². The molecule has 20 heavy (non-hydrogen) atoms. The molecule has 106 valence electrons. The van der Waals surface area contributed by atoms with E-state index in [0.29, 0.717) is 18.8 Å². The molecule has 0 radical (unpaired) electrons. The first-order valence-corrected chi connectivity index (χ1v) is 6.16. The minimum Gasteiger partial charge on any atom is -0.478 e. The molecular formula is C12H13ClN4O3. The first-order chi connectivity index (χ1) is 9.60. The molecule has 2 aromatic heterocycles. The van der Waals surface area contributed by atoms with Gasteiger partial charge in [0.15, 0.2) is 0 Å². The molecule has 0 saturated heterocycles. The number of hydrogen-bond donors (Lipinski definition) is 2. The van der Waals surface area contributed by atoms with Crippen LogP contribution < -0.4 is 5.32 Å². The van der Waals surface area contributed by atoms with Gasteiger partial charge in [0.2, 0.25) is 0 Å². The van der Waals surface area contributed by atoms with Gasteiger partial charge >= 0.3 is 5.97 Å². The SMILES string of the molecule is COCCn1cc(Nc2nc(Cl)ccc2C(=O)O)cn1. The van der Waals surface area contributed by atoms with Gasteiger partial charge in [0, 0.05) is 13.3 Å². The lowest BCUT2D eigenvalue weighted by molar-refractivity contribution is 0.0697. The second-order valence-electron chi connectivity index (χ2n) is 3.95. The Morgan fingerprint density at radius 2 is 2.35 bits per heavy atom. The van der Waals surface area contributed by atoms with Crippen LogP contribution in [0.4, 0.5) is 11.5 Å². The number of methoxy groups -OCH3 is 1. The Kier molecular flexibility index (Phi) is 4.54. The molecule has 0 atom stereocenters. The molecule has 0 bridgehead atoms. The third-order valence-electron chi connectivity index (χ3n) is 2.51. The summed E-state index contributed by atoms with van der Waals surface area (Å²) < 4.78 is 6.63. The molecule has 0 unspecified atom stereocenters. The number of rotatable bonds is 6. The lowest BCUT2D eigenvalue weighted by Gasteiger charge is -2.06. The molecule has 0 aromatic carbocycles. The van der Waals surface area contributed by atoms with Gasteiger partial charge in [0.1, 0.15) is 16.5 Å². The minimum absolute atomic E-state index is 0.0408. The molecule has 0 spiro atoms. The topological polar surface area (TPSA) is 89.3 Å². The summed E-state index contributed by atoms with van der Waals surface area (Å²) in [7, 11) is 1.61. The molecule has 7 nitrogen and oxygen atoms in total. The van der Waals surface area contributed by atoms with Gasteiger partial charge < -0.3 is 15.2 Å². The molecule has 2 N–H and O–H groups in total. The summed E-state index contributed by atoms with van der Waals surface area (Å²) in [6.45, 7) is 1.14. The van der Waals surface area contributed by atoms with Gasteiger partial charge in [-0.3, -0.25) is 4.68 Å². The van der Waals surface area contributed by atoms with Crippen LogP contribution >= 0.6 is 11.6 Å². The van der Waals surface area contributed by atoms with Crippen molar-refractivity contribution in [2.45, 2.75) is 6.54 Å². The van der Waals surface area contributed by atoms with Crippen molar-refractivity contribution >= 4 is 29.1 Å². The van der Waals surface area contributed by atoms with E-state index in [1.165, 1.54) is 12.1 Å². The van der Waals surface area contributed by atoms with Gasteiger partial charge in [0.25, 0.3) is 0 Å². The zero-order valence-corrected chi connectivity index (χ0v) is 11.5. The van der Waals surface area contributed by atoms with E-state index in [1.807, 2.05) is 0 Å². The average molecular weight is 297 g/mol. The van der Waals surface area contributed by atoms with Crippen LogP contribution in [0.1, 0.15) is 10.4 Å². The van der Waals surface area contributed by atoms with Gasteiger partial charge in [-0.25, -0.2) is 9.78 Å². The molecule has 0 saturated carbocycles. The fourth-order valence-corrected chi connectivity index (χ4v) is 1.72. The summed E-state index contributed by atoms with van der Waals surface area (Å²) in [4.78, 5) is 15.1. The van der Waals surface area contributed by atoms with Gasteiger partial charge in [-0.2, -0.15) is 5.10 Å². The number of nitrogens with zero attached hydrogens (tertiary/aromatic N) is 3. The number of nitrogens with one attached hydrogen (secondary N) is 1. The van der Waals surface area contributed by atoms with E-state index in [0.717, 1.165) is 0 Å². The van der Waals surface area contributed by atoms with Crippen molar-refractivity contribution in [1.29, 1.82) is 0 Å². The Hall–Kier alpha value is -2.12. The highest BCUT2D eigenvalue weighted by Crippen LogP contribution is 2.21. The van der Waals surface area contributed by atoms with E-state index in [9.17, 15) is 4.79 Å². The number of carboxylic acid groups (broad SMARTS) is 1. The summed E-state index contributed by atoms with van der Waals surface area (Å²) in [6, 6.07) is 2.83. The maximum Gasteiger partial charge on any atom is 0.339 e. The summed E-state index contributed by atoms with van der Waals surface area (Å²) in [5.41, 5.74) is 0.664. The number of pyridine rings is 1. The Bertz CT molecular complexity index is 614. The predicted molar refractivity (Wildman–Crippen MR) is 73.6 cm³/mol. The van der Waals surface area contributed by atoms with Crippen LogP contribution in [0.3, 0.4) is 0 Å². The Balaban J connectivity index is 2.19. The number of anilines is 2. The van der Waals surface area contributed by atoms with Crippen molar-refractivity contribution in [1.82, 2.24) is 14.8 Å². The van der Waals surface area contributed by atoms with Crippen LogP contribution in [-0.2, 0) is 11.3 Å². The van der Waals surface area contributed by atoms with E-state index >= 15 is 0 Å². The van der Waals surface area contributed by atoms with E-state index in [1.54, 1.807) is 24.2 Å². The maximum atomic E-state index is 11.1. The first kappa shape index (κ1) is 14.3. The van der Waals surface area contributed by atoms with E-state index in [2.05, 4.69) is 15.4 Å². The molecule has 0 aliphatic heterocycles. The number of carboxylic acids is 1. The highest BCUT2D eigenvalue weighted by molar-refractivity contribution is 6.29. The third-order valence-corrected chi connectivity index (χ3v) is 2.72. The number of ether oxygens (including phenoxy) is 1. The standard InChI is InChI=1S/C12H13ClN4O3/c1-20-5-4-17-7-8(6-14-17)15-11-9(12(18)19)2-3-10(13)16-11/h2-3,6-7H,4-5H2,1H3,(H,15,16)(H,18,19). The van der Waals surface area contributed by atoms with Crippen molar-refractivity contribution in [3.05, 3.63) is 35.2 Å². The zero-order valence-electron chi connectivity index (χ0n) is 10.7. The smallest absolute Gasteiger partial charge is 0.339 e. The Morgan fingerprint density at radius 1 is 1.55 bits per heavy atom. The van der Waals surface area contributed by atoms with Gasteiger partial charge in [-0.05, 0) is 12.1 Å². The van der Waals surface area contributed by atoms with Gasteiger partial charge in [-0.15, -0.1) is 0 Å². The van der Waals surface area contributed by atoms with Crippen molar-refractivity contribution in [2.24, 2.45) is 0 Å². The minimum atomic E-state index is -1.08. The molecule has 0 aliphatic carbocycles. The lowest BCUT2D eigenvalue weighted by Crippen LogP contribution is -2.05. The van der Waals surface area contributed by atoms with E-state index in [-0.39, 0.29) is 16.5 Å². The summed E-state index contributed by atoms with van der Waals surface area (Å²) in [5, 5.41) is 16.3. The largest absolute Gasteiger partial charge is 0.478 e. The van der Waals surface area contributed by atoms with Crippen LogP contribution in [-0.4, -0.2) is 39.6 Å². The van der Waals surface area contributed by atoms with Crippen LogP contribution in [0.2, 0.25) is 5.15 Å².